The molecule has 0 spiro atoms. The van der Waals surface area contributed by atoms with Gasteiger partial charge in [-0.25, -0.2) is 9.59 Å². The van der Waals surface area contributed by atoms with Crippen LogP contribution in [0.25, 0.3) is 0 Å². The van der Waals surface area contributed by atoms with E-state index in [9.17, 15) is 14.4 Å². The lowest BCUT2D eigenvalue weighted by molar-refractivity contribution is 0.0693. The zero-order valence-corrected chi connectivity index (χ0v) is 12.1. The maximum absolute atomic E-state index is 11.9. The quantitative estimate of drug-likeness (QED) is 0.897. The molecule has 0 radical (unpaired) electrons. The van der Waals surface area contributed by atoms with Gasteiger partial charge in [-0.05, 0) is 32.4 Å². The fourth-order valence-corrected chi connectivity index (χ4v) is 3.16. The monoisotopic (exact) mass is 294 g/mol. The van der Waals surface area contributed by atoms with Crippen LogP contribution in [0.2, 0.25) is 0 Å². The first kappa shape index (κ1) is 14.3. The van der Waals surface area contributed by atoms with Crippen LogP contribution in [0.1, 0.15) is 38.6 Å². The summed E-state index contributed by atoms with van der Waals surface area (Å²) in [5, 5.41) is 8.96. The molecule has 106 valence electrons. The summed E-state index contributed by atoms with van der Waals surface area (Å²) in [5.74, 6) is -1.36. The Morgan fingerprint density at radius 2 is 2.05 bits per heavy atom. The Kier molecular flexibility index (Phi) is 3.63. The van der Waals surface area contributed by atoms with E-state index in [1.807, 2.05) is 24.9 Å². The maximum atomic E-state index is 11.9. The van der Waals surface area contributed by atoms with Gasteiger partial charge in [0.1, 0.15) is 5.56 Å². The van der Waals surface area contributed by atoms with E-state index in [1.54, 1.807) is 18.3 Å². The molecule has 0 aromatic carbocycles. The maximum Gasteiger partial charge on any atom is 0.342 e. The molecule has 0 aliphatic carbocycles. The molecule has 0 fully saturated rings. The van der Waals surface area contributed by atoms with Crippen molar-refractivity contribution < 1.29 is 9.90 Å². The molecule has 0 aliphatic rings. The van der Waals surface area contributed by atoms with Gasteiger partial charge < -0.3 is 5.11 Å². The lowest BCUT2D eigenvalue weighted by Gasteiger charge is -2.15. The molecular formula is C13H14N2O4S. The van der Waals surface area contributed by atoms with E-state index in [-0.39, 0.29) is 6.04 Å². The number of aromatic nitrogens is 2. The molecular weight excluding hydrogens is 280 g/mol. The number of rotatable bonds is 3. The third kappa shape index (κ3) is 2.44. The van der Waals surface area contributed by atoms with Crippen LogP contribution in [-0.4, -0.2) is 20.6 Å². The van der Waals surface area contributed by atoms with Crippen molar-refractivity contribution in [1.82, 2.24) is 9.55 Å². The highest BCUT2D eigenvalue weighted by atomic mass is 32.1. The number of aryl methyl sites for hydroxylation is 2. The summed E-state index contributed by atoms with van der Waals surface area (Å²) >= 11 is 1.61. The van der Waals surface area contributed by atoms with E-state index < -0.39 is 22.8 Å². The van der Waals surface area contributed by atoms with Crippen molar-refractivity contribution in [1.29, 1.82) is 0 Å². The summed E-state index contributed by atoms with van der Waals surface area (Å²) in [5.41, 5.74) is -1.00. The summed E-state index contributed by atoms with van der Waals surface area (Å²) in [6.45, 7) is 5.70. The van der Waals surface area contributed by atoms with E-state index >= 15 is 0 Å². The smallest absolute Gasteiger partial charge is 0.342 e. The predicted octanol–water partition coefficient (Wildman–Crippen LogP) is 1.52. The molecule has 1 atom stereocenters. The van der Waals surface area contributed by atoms with Crippen molar-refractivity contribution >= 4 is 17.3 Å². The van der Waals surface area contributed by atoms with E-state index in [4.69, 9.17) is 5.11 Å². The Balaban J connectivity index is 2.60. The second-order valence-corrected chi connectivity index (χ2v) is 6.02. The number of aromatic amines is 1. The number of carbonyl (C=O) groups is 1. The van der Waals surface area contributed by atoms with Gasteiger partial charge in [0.15, 0.2) is 0 Å². The van der Waals surface area contributed by atoms with Gasteiger partial charge in [-0.2, -0.15) is 0 Å². The molecule has 2 aromatic rings. The molecule has 2 N–H and O–H groups in total. The molecule has 2 aromatic heterocycles. The van der Waals surface area contributed by atoms with Gasteiger partial charge >= 0.3 is 11.7 Å². The van der Waals surface area contributed by atoms with Crippen LogP contribution >= 0.6 is 11.3 Å². The van der Waals surface area contributed by atoms with Gasteiger partial charge in [0.05, 0.1) is 6.04 Å². The van der Waals surface area contributed by atoms with Crippen molar-refractivity contribution in [2.24, 2.45) is 0 Å². The van der Waals surface area contributed by atoms with Crippen molar-refractivity contribution in [3.63, 3.8) is 0 Å². The van der Waals surface area contributed by atoms with Gasteiger partial charge in [-0.1, -0.05) is 0 Å². The summed E-state index contributed by atoms with van der Waals surface area (Å²) in [6, 6.07) is 1.62. The average Bonchev–Trinajstić information content (AvgIpc) is 2.67. The Labute approximate surface area is 118 Å². The highest BCUT2D eigenvalue weighted by molar-refractivity contribution is 7.12. The van der Waals surface area contributed by atoms with Gasteiger partial charge in [0.2, 0.25) is 0 Å². The Morgan fingerprint density at radius 3 is 2.55 bits per heavy atom. The topological polar surface area (TPSA) is 92.2 Å². The van der Waals surface area contributed by atoms with E-state index in [0.29, 0.717) is 0 Å². The number of hydrogen-bond donors (Lipinski definition) is 2. The molecule has 0 saturated carbocycles. The molecule has 0 bridgehead atoms. The molecule has 7 heteroatoms. The number of carboxylic acids is 1. The minimum Gasteiger partial charge on any atom is -0.477 e. The first-order valence-corrected chi connectivity index (χ1v) is 6.78. The van der Waals surface area contributed by atoms with Gasteiger partial charge in [0, 0.05) is 16.0 Å². The summed E-state index contributed by atoms with van der Waals surface area (Å²) in [7, 11) is 0. The molecule has 0 saturated heterocycles. The molecule has 2 heterocycles. The second kappa shape index (κ2) is 5.09. The minimum absolute atomic E-state index is 0.345. The number of H-pyrrole nitrogens is 1. The first-order chi connectivity index (χ1) is 9.31. The third-order valence-electron chi connectivity index (χ3n) is 3.14. The fourth-order valence-electron chi connectivity index (χ4n) is 2.14. The SMILES string of the molecule is Cc1cc(C(C)n2cc(C(=O)O)c(=O)[nH]c2=O)c(C)s1. The van der Waals surface area contributed by atoms with Crippen molar-refractivity contribution in [3.05, 3.63) is 54.0 Å². The molecule has 0 amide bonds. The highest BCUT2D eigenvalue weighted by Gasteiger charge is 2.18. The summed E-state index contributed by atoms with van der Waals surface area (Å²) in [6.07, 6.45) is 1.10. The lowest BCUT2D eigenvalue weighted by atomic mass is 10.1. The van der Waals surface area contributed by atoms with Crippen molar-refractivity contribution in [3.8, 4) is 0 Å². The van der Waals surface area contributed by atoms with Crippen LogP contribution in [0.3, 0.4) is 0 Å². The number of hydrogen-bond acceptors (Lipinski definition) is 4. The number of aromatic carboxylic acids is 1. The van der Waals surface area contributed by atoms with Gasteiger partial charge in [-0.15, -0.1) is 11.3 Å². The van der Waals surface area contributed by atoms with Crippen LogP contribution in [-0.2, 0) is 0 Å². The molecule has 6 nitrogen and oxygen atoms in total. The van der Waals surface area contributed by atoms with Crippen LogP contribution in [0.5, 0.6) is 0 Å². The average molecular weight is 294 g/mol. The first-order valence-electron chi connectivity index (χ1n) is 5.97. The molecule has 0 aliphatic heterocycles. The zero-order chi connectivity index (χ0) is 15.0. The third-order valence-corrected chi connectivity index (χ3v) is 4.13. The normalized spacial score (nSPS) is 12.3. The fraction of sp³-hybridized carbons (Fsp3) is 0.308. The lowest BCUT2D eigenvalue weighted by Crippen LogP contribution is -2.35. The molecule has 2 rings (SSSR count). The Hall–Kier alpha value is -2.15. The van der Waals surface area contributed by atoms with E-state index in [1.165, 1.54) is 4.57 Å². The number of nitrogens with one attached hydrogen (secondary N) is 1. The minimum atomic E-state index is -1.36. The highest BCUT2D eigenvalue weighted by Crippen LogP contribution is 2.27. The van der Waals surface area contributed by atoms with Crippen LogP contribution in [0.4, 0.5) is 0 Å². The number of carboxylic acid groups (broad SMARTS) is 1. The van der Waals surface area contributed by atoms with Crippen molar-refractivity contribution in [2.45, 2.75) is 26.8 Å². The van der Waals surface area contributed by atoms with Gasteiger partial charge in [0.25, 0.3) is 5.56 Å². The number of nitrogens with zero attached hydrogens (tertiary/aromatic N) is 1. The largest absolute Gasteiger partial charge is 0.477 e. The predicted molar refractivity (Wildman–Crippen MR) is 75.9 cm³/mol. The Bertz CT molecular complexity index is 784. The summed E-state index contributed by atoms with van der Waals surface area (Å²) < 4.78 is 1.24. The van der Waals surface area contributed by atoms with Gasteiger partial charge in [-0.3, -0.25) is 14.3 Å². The Morgan fingerprint density at radius 1 is 1.40 bits per heavy atom. The van der Waals surface area contributed by atoms with E-state index in [0.717, 1.165) is 21.5 Å². The molecule has 1 unspecified atom stereocenters. The number of thiophene rings is 1. The van der Waals surface area contributed by atoms with Crippen LogP contribution in [0, 0.1) is 13.8 Å². The van der Waals surface area contributed by atoms with Crippen molar-refractivity contribution in [2.75, 3.05) is 0 Å². The second-order valence-electron chi connectivity index (χ2n) is 4.56. The van der Waals surface area contributed by atoms with Crippen LogP contribution in [0.15, 0.2) is 21.9 Å². The summed E-state index contributed by atoms with van der Waals surface area (Å²) in [4.78, 5) is 38.5. The molecule has 20 heavy (non-hydrogen) atoms. The van der Waals surface area contributed by atoms with Crippen LogP contribution < -0.4 is 11.2 Å². The standard InChI is InChI=1S/C13H14N2O4S/c1-6-4-9(8(3)20-6)7(2)15-5-10(12(17)18)11(16)14-13(15)19/h4-5,7H,1-3H3,(H,17,18)(H,14,16,19). The zero-order valence-electron chi connectivity index (χ0n) is 11.3. The van der Waals surface area contributed by atoms with E-state index in [2.05, 4.69) is 0 Å².